The SMILES string of the molecule is FC(F)(F)c1cc(C(F)(F)F)c(-c2ccc(CN3CCCC3C3CCCN3Cc3ccc(-c4c(C(F)(F)F)cc(C(F)(F)F)cc4C(F)(F)F)cn3)nc2)c(C(F)(F)F)c1. The Bertz CT molecular complexity index is 1940. The van der Waals surface area contributed by atoms with Crippen LogP contribution in [0.1, 0.15) is 70.5 Å². The molecule has 0 amide bonds. The summed E-state index contributed by atoms with van der Waals surface area (Å²) in [6, 6.07) is 2.15. The molecule has 326 valence electrons. The van der Waals surface area contributed by atoms with Gasteiger partial charge in [-0.25, -0.2) is 0 Å². The quantitative estimate of drug-likeness (QED) is 0.173. The van der Waals surface area contributed by atoms with Crippen molar-refractivity contribution in [1.29, 1.82) is 0 Å². The van der Waals surface area contributed by atoms with Crippen LogP contribution in [0.2, 0.25) is 0 Å². The smallest absolute Gasteiger partial charge is 0.293 e. The van der Waals surface area contributed by atoms with E-state index in [-0.39, 0.29) is 36.6 Å². The van der Waals surface area contributed by atoms with Crippen molar-refractivity contribution >= 4 is 0 Å². The minimum Gasteiger partial charge on any atom is -0.293 e. The molecule has 2 atom stereocenters. The van der Waals surface area contributed by atoms with Crippen LogP contribution in [0.5, 0.6) is 0 Å². The van der Waals surface area contributed by atoms with Gasteiger partial charge in [0.1, 0.15) is 0 Å². The van der Waals surface area contributed by atoms with Crippen LogP contribution in [0.25, 0.3) is 22.3 Å². The van der Waals surface area contributed by atoms with E-state index in [9.17, 15) is 79.0 Å². The average Bonchev–Trinajstić information content (AvgIpc) is 3.78. The molecule has 2 aliphatic heterocycles. The molecule has 0 N–H and O–H groups in total. The topological polar surface area (TPSA) is 32.3 Å². The first-order valence-electron chi connectivity index (χ1n) is 17.7. The second-order valence-electron chi connectivity index (χ2n) is 14.3. The molecule has 6 rings (SSSR count). The summed E-state index contributed by atoms with van der Waals surface area (Å²) in [5.41, 5.74) is -17.0. The lowest BCUT2D eigenvalue weighted by Gasteiger charge is -2.35. The normalized spacial score (nSPS) is 19.1. The molecule has 4 heterocycles. The molecule has 2 saturated heterocycles. The van der Waals surface area contributed by atoms with E-state index in [2.05, 4.69) is 9.97 Å². The van der Waals surface area contributed by atoms with E-state index in [1.54, 1.807) is 0 Å². The summed E-state index contributed by atoms with van der Waals surface area (Å²) in [7, 11) is 0. The number of alkyl halides is 18. The van der Waals surface area contributed by atoms with Crippen molar-refractivity contribution < 1.29 is 79.0 Å². The fourth-order valence-electron chi connectivity index (χ4n) is 7.84. The van der Waals surface area contributed by atoms with Crippen LogP contribution in [0, 0.1) is 0 Å². The molecule has 2 aromatic heterocycles. The summed E-state index contributed by atoms with van der Waals surface area (Å²) >= 11 is 0. The Hall–Kier alpha value is -4.60. The molecule has 2 aliphatic rings. The molecular formula is C38H28F18N4. The van der Waals surface area contributed by atoms with Gasteiger partial charge in [-0.15, -0.1) is 0 Å². The lowest BCUT2D eigenvalue weighted by Crippen LogP contribution is -2.45. The van der Waals surface area contributed by atoms with Gasteiger partial charge in [-0.05, 0) is 75.2 Å². The molecule has 0 spiro atoms. The molecule has 4 aromatic rings. The second kappa shape index (κ2) is 15.7. The summed E-state index contributed by atoms with van der Waals surface area (Å²) in [6.45, 7) is 1.08. The number of benzene rings is 2. The zero-order valence-corrected chi connectivity index (χ0v) is 30.2. The Morgan fingerprint density at radius 2 is 0.733 bits per heavy atom. The summed E-state index contributed by atoms with van der Waals surface area (Å²) in [5, 5.41) is 0. The van der Waals surface area contributed by atoms with E-state index in [1.165, 1.54) is 0 Å². The molecule has 2 unspecified atom stereocenters. The van der Waals surface area contributed by atoms with Crippen molar-refractivity contribution in [3.8, 4) is 22.3 Å². The van der Waals surface area contributed by atoms with E-state index in [0.29, 0.717) is 51.2 Å². The molecule has 60 heavy (non-hydrogen) atoms. The number of halogens is 18. The van der Waals surface area contributed by atoms with Gasteiger partial charge in [0.25, 0.3) is 0 Å². The molecule has 2 fully saturated rings. The first-order chi connectivity index (χ1) is 27.5. The van der Waals surface area contributed by atoms with Crippen LogP contribution in [0.4, 0.5) is 79.0 Å². The number of hydrogen-bond acceptors (Lipinski definition) is 4. The Morgan fingerprint density at radius 3 is 0.967 bits per heavy atom. The highest BCUT2D eigenvalue weighted by Gasteiger charge is 2.47. The lowest BCUT2D eigenvalue weighted by atomic mass is 9.91. The summed E-state index contributed by atoms with van der Waals surface area (Å²) in [5.74, 6) is 0. The molecule has 2 aromatic carbocycles. The average molecular weight is 883 g/mol. The minimum absolute atomic E-state index is 0.0592. The number of hydrogen-bond donors (Lipinski definition) is 0. The summed E-state index contributed by atoms with van der Waals surface area (Å²) in [4.78, 5) is 12.0. The van der Waals surface area contributed by atoms with Crippen molar-refractivity contribution in [1.82, 2.24) is 19.8 Å². The van der Waals surface area contributed by atoms with E-state index < -0.39 is 117 Å². The van der Waals surface area contributed by atoms with E-state index >= 15 is 0 Å². The third-order valence-electron chi connectivity index (χ3n) is 10.4. The van der Waals surface area contributed by atoms with Crippen LogP contribution >= 0.6 is 0 Å². The predicted octanol–water partition coefficient (Wildman–Crippen LogP) is 12.6. The monoisotopic (exact) mass is 882 g/mol. The Morgan fingerprint density at radius 1 is 0.433 bits per heavy atom. The Labute approximate surface area is 327 Å². The molecule has 0 bridgehead atoms. The summed E-state index contributed by atoms with van der Waals surface area (Å²) in [6.07, 6.45) is -29.5. The van der Waals surface area contributed by atoms with Crippen molar-refractivity contribution in [3.63, 3.8) is 0 Å². The lowest BCUT2D eigenvalue weighted by molar-refractivity contribution is -0.150. The van der Waals surface area contributed by atoms with Gasteiger partial charge in [-0.2, -0.15) is 79.0 Å². The van der Waals surface area contributed by atoms with Crippen molar-refractivity contribution in [3.05, 3.63) is 106 Å². The molecule has 4 nitrogen and oxygen atoms in total. The van der Waals surface area contributed by atoms with Crippen molar-refractivity contribution in [2.45, 2.75) is 87.9 Å². The number of likely N-dealkylation sites (tertiary alicyclic amines) is 2. The van der Waals surface area contributed by atoms with Gasteiger partial charge in [0.15, 0.2) is 0 Å². The van der Waals surface area contributed by atoms with Gasteiger partial charge < -0.3 is 0 Å². The van der Waals surface area contributed by atoms with Gasteiger partial charge in [-0.3, -0.25) is 19.8 Å². The summed E-state index contributed by atoms with van der Waals surface area (Å²) < 4.78 is 247. The number of aromatic nitrogens is 2. The van der Waals surface area contributed by atoms with Crippen molar-refractivity contribution in [2.24, 2.45) is 0 Å². The molecule has 22 heteroatoms. The van der Waals surface area contributed by atoms with Gasteiger partial charge in [0.05, 0.1) is 44.8 Å². The maximum Gasteiger partial charge on any atom is 0.417 e. The first kappa shape index (κ1) is 44.9. The first-order valence-corrected chi connectivity index (χ1v) is 17.7. The maximum absolute atomic E-state index is 13.9. The van der Waals surface area contributed by atoms with E-state index in [1.807, 2.05) is 9.80 Å². The zero-order valence-electron chi connectivity index (χ0n) is 30.2. The van der Waals surface area contributed by atoms with Gasteiger partial charge >= 0.3 is 37.1 Å². The molecule has 0 aliphatic carbocycles. The van der Waals surface area contributed by atoms with Crippen LogP contribution < -0.4 is 0 Å². The Kier molecular flexibility index (Phi) is 11.8. The largest absolute Gasteiger partial charge is 0.417 e. The van der Waals surface area contributed by atoms with Crippen LogP contribution in [0.3, 0.4) is 0 Å². The van der Waals surface area contributed by atoms with E-state index in [4.69, 9.17) is 0 Å². The third-order valence-corrected chi connectivity index (χ3v) is 10.4. The number of nitrogens with zero attached hydrogens (tertiary/aromatic N) is 4. The number of rotatable bonds is 7. The van der Waals surface area contributed by atoms with Gasteiger partial charge in [0, 0.05) is 59.8 Å². The van der Waals surface area contributed by atoms with E-state index in [0.717, 1.165) is 24.3 Å². The van der Waals surface area contributed by atoms with Gasteiger partial charge in [-0.1, -0.05) is 12.1 Å². The van der Waals surface area contributed by atoms with Crippen LogP contribution in [-0.2, 0) is 50.1 Å². The van der Waals surface area contributed by atoms with Crippen molar-refractivity contribution in [2.75, 3.05) is 13.1 Å². The molecule has 0 saturated carbocycles. The van der Waals surface area contributed by atoms with Crippen LogP contribution in [-0.4, -0.2) is 44.9 Å². The van der Waals surface area contributed by atoms with Gasteiger partial charge in [0.2, 0.25) is 0 Å². The molecule has 0 radical (unpaired) electrons. The highest BCUT2D eigenvalue weighted by molar-refractivity contribution is 5.74. The standard InChI is InChI=1S/C38H28F18N4/c39-33(40,41)21-11-25(35(45,46)47)31(26(12-21)36(48,49)50)19-5-7-23(57-15-19)17-59-9-1-3-29(59)30-4-2-10-60(30)18-24-8-6-20(16-58-24)32-27(37(51,52)53)13-22(34(42,43)44)14-28(32)38(54,55)56/h5-8,11-16,29-30H,1-4,9-10,17-18H2. The Balaban J connectivity index is 1.22. The minimum atomic E-state index is -5.61. The third kappa shape index (κ3) is 9.63. The maximum atomic E-state index is 13.9. The fraction of sp³-hybridized carbons (Fsp3) is 0.421. The highest BCUT2D eigenvalue weighted by Crippen LogP contribution is 2.49. The zero-order chi connectivity index (χ0) is 44.4. The van der Waals surface area contributed by atoms with Crippen LogP contribution in [0.15, 0.2) is 60.9 Å². The fourth-order valence-corrected chi connectivity index (χ4v) is 7.84. The number of pyridine rings is 2. The molecular weight excluding hydrogens is 854 g/mol. The highest BCUT2D eigenvalue weighted by atomic mass is 19.4. The predicted molar refractivity (Wildman–Crippen MR) is 176 cm³/mol. The second-order valence-corrected chi connectivity index (χ2v) is 14.3.